The monoisotopic (exact) mass is 439 g/mol. The molecular formula is C20H30ClN5O2S. The molecule has 3 rings (SSSR count). The van der Waals surface area contributed by atoms with Crippen LogP contribution in [0.1, 0.15) is 39.5 Å². The minimum atomic E-state index is 0.0733. The van der Waals surface area contributed by atoms with E-state index >= 15 is 0 Å². The van der Waals surface area contributed by atoms with Gasteiger partial charge in [-0.05, 0) is 26.7 Å². The van der Waals surface area contributed by atoms with Gasteiger partial charge in [0.15, 0.2) is 5.16 Å². The number of rotatable bonds is 7. The van der Waals surface area contributed by atoms with Crippen molar-refractivity contribution >= 4 is 41.0 Å². The summed E-state index contributed by atoms with van der Waals surface area (Å²) < 4.78 is 0. The summed E-state index contributed by atoms with van der Waals surface area (Å²) in [5, 5.41) is 0.884. The highest BCUT2D eigenvalue weighted by Gasteiger charge is 2.29. The Morgan fingerprint density at radius 2 is 1.79 bits per heavy atom. The molecule has 1 aliphatic carbocycles. The highest BCUT2D eigenvalue weighted by atomic mass is 35.5. The van der Waals surface area contributed by atoms with Crippen LogP contribution in [0.5, 0.6) is 0 Å². The van der Waals surface area contributed by atoms with Crippen LogP contribution >= 0.6 is 23.4 Å². The number of aromatic nitrogens is 2. The summed E-state index contributed by atoms with van der Waals surface area (Å²) in [6.07, 6.45) is 4.42. The second-order valence-electron chi connectivity index (χ2n) is 7.48. The van der Waals surface area contributed by atoms with E-state index in [0.717, 1.165) is 31.7 Å². The lowest BCUT2D eigenvalue weighted by atomic mass is 10.1. The molecule has 1 saturated carbocycles. The second kappa shape index (κ2) is 10.5. The van der Waals surface area contributed by atoms with Crippen LogP contribution in [-0.2, 0) is 9.59 Å². The number of anilines is 1. The molecule has 0 aromatic carbocycles. The average molecular weight is 440 g/mol. The van der Waals surface area contributed by atoms with Gasteiger partial charge in [-0.3, -0.25) is 9.59 Å². The Labute approximate surface area is 182 Å². The third-order valence-electron chi connectivity index (χ3n) is 5.72. The normalized spacial score (nSPS) is 17.6. The molecule has 9 heteroatoms. The molecule has 2 amide bonds. The van der Waals surface area contributed by atoms with Gasteiger partial charge in [0.1, 0.15) is 11.0 Å². The topological polar surface area (TPSA) is 69.6 Å². The van der Waals surface area contributed by atoms with Gasteiger partial charge in [-0.25, -0.2) is 9.97 Å². The standard InChI is InChI=1S/C20H30ClN5O2S/c1-3-24(4-2)18(27)14-29-20-22-16(21)13-17(23-20)25-9-11-26(12-10-25)19(28)15-7-5-6-8-15/h13,15H,3-12,14H2,1-2H3. The number of carbonyl (C=O) groups excluding carboxylic acids is 2. The van der Waals surface area contributed by atoms with Crippen LogP contribution in [0.4, 0.5) is 5.82 Å². The highest BCUT2D eigenvalue weighted by Crippen LogP contribution is 2.28. The van der Waals surface area contributed by atoms with Gasteiger partial charge in [0, 0.05) is 51.3 Å². The first-order valence-electron chi connectivity index (χ1n) is 10.5. The van der Waals surface area contributed by atoms with Gasteiger partial charge in [-0.1, -0.05) is 36.2 Å². The van der Waals surface area contributed by atoms with Crippen LogP contribution in [0.15, 0.2) is 11.2 Å². The molecule has 1 saturated heterocycles. The summed E-state index contributed by atoms with van der Waals surface area (Å²) in [5.74, 6) is 1.67. The highest BCUT2D eigenvalue weighted by molar-refractivity contribution is 7.99. The largest absolute Gasteiger partial charge is 0.353 e. The first-order chi connectivity index (χ1) is 14.0. The van der Waals surface area contributed by atoms with E-state index in [-0.39, 0.29) is 11.8 Å². The van der Waals surface area contributed by atoms with Crippen molar-refractivity contribution in [1.82, 2.24) is 19.8 Å². The molecule has 29 heavy (non-hydrogen) atoms. The molecule has 0 bridgehead atoms. The van der Waals surface area contributed by atoms with Gasteiger partial charge in [-0.15, -0.1) is 0 Å². The maximum atomic E-state index is 12.6. The Morgan fingerprint density at radius 3 is 2.41 bits per heavy atom. The van der Waals surface area contributed by atoms with E-state index in [9.17, 15) is 9.59 Å². The first kappa shape index (κ1) is 22.2. The average Bonchev–Trinajstić information content (AvgIpc) is 3.27. The summed E-state index contributed by atoms with van der Waals surface area (Å²) >= 11 is 7.53. The maximum absolute atomic E-state index is 12.6. The van der Waals surface area contributed by atoms with E-state index in [2.05, 4.69) is 14.9 Å². The van der Waals surface area contributed by atoms with Crippen LogP contribution in [0.3, 0.4) is 0 Å². The molecule has 0 atom stereocenters. The van der Waals surface area contributed by atoms with E-state index in [0.29, 0.717) is 48.1 Å². The minimum absolute atomic E-state index is 0.0733. The van der Waals surface area contributed by atoms with Crippen molar-refractivity contribution in [1.29, 1.82) is 0 Å². The Balaban J connectivity index is 1.57. The van der Waals surface area contributed by atoms with E-state index in [1.54, 1.807) is 11.0 Å². The molecule has 0 N–H and O–H groups in total. The van der Waals surface area contributed by atoms with E-state index in [1.807, 2.05) is 18.7 Å². The molecule has 2 fully saturated rings. The van der Waals surface area contributed by atoms with Gasteiger partial charge in [-0.2, -0.15) is 0 Å². The third-order valence-corrected chi connectivity index (χ3v) is 6.75. The van der Waals surface area contributed by atoms with Crippen molar-refractivity contribution in [3.63, 3.8) is 0 Å². The second-order valence-corrected chi connectivity index (χ2v) is 8.81. The fraction of sp³-hybridized carbons (Fsp3) is 0.700. The van der Waals surface area contributed by atoms with Crippen molar-refractivity contribution in [3.8, 4) is 0 Å². The molecule has 0 spiro atoms. The number of amides is 2. The fourth-order valence-electron chi connectivity index (χ4n) is 3.99. The molecule has 1 aromatic heterocycles. The van der Waals surface area contributed by atoms with Gasteiger partial charge < -0.3 is 14.7 Å². The lowest BCUT2D eigenvalue weighted by Crippen LogP contribution is -2.50. The van der Waals surface area contributed by atoms with E-state index < -0.39 is 0 Å². The fourth-order valence-corrected chi connectivity index (χ4v) is 4.98. The quantitative estimate of drug-likeness (QED) is 0.369. The summed E-state index contributed by atoms with van der Waals surface area (Å²) in [5.41, 5.74) is 0. The number of hydrogen-bond donors (Lipinski definition) is 0. The Bertz CT molecular complexity index is 717. The van der Waals surface area contributed by atoms with E-state index in [4.69, 9.17) is 11.6 Å². The number of hydrogen-bond acceptors (Lipinski definition) is 6. The molecule has 1 aromatic rings. The molecule has 160 valence electrons. The van der Waals surface area contributed by atoms with Gasteiger partial charge in [0.25, 0.3) is 0 Å². The van der Waals surface area contributed by atoms with Crippen LogP contribution < -0.4 is 4.90 Å². The summed E-state index contributed by atoms with van der Waals surface area (Å²) in [7, 11) is 0. The predicted molar refractivity (Wildman–Crippen MR) is 116 cm³/mol. The number of carbonyl (C=O) groups is 2. The van der Waals surface area contributed by atoms with Crippen molar-refractivity contribution in [2.45, 2.75) is 44.7 Å². The molecular weight excluding hydrogens is 410 g/mol. The van der Waals surface area contributed by atoms with Crippen LogP contribution in [0.2, 0.25) is 5.15 Å². The smallest absolute Gasteiger partial charge is 0.233 e. The molecule has 0 radical (unpaired) electrons. The summed E-state index contributed by atoms with van der Waals surface area (Å²) in [4.78, 5) is 39.6. The maximum Gasteiger partial charge on any atom is 0.233 e. The molecule has 1 aliphatic heterocycles. The number of nitrogens with zero attached hydrogens (tertiary/aromatic N) is 5. The molecule has 2 heterocycles. The molecule has 2 aliphatic rings. The van der Waals surface area contributed by atoms with Crippen molar-refractivity contribution in [2.24, 2.45) is 5.92 Å². The van der Waals surface area contributed by atoms with Crippen molar-refractivity contribution in [3.05, 3.63) is 11.2 Å². The zero-order valence-corrected chi connectivity index (χ0v) is 18.8. The number of piperazine rings is 1. The zero-order valence-electron chi connectivity index (χ0n) is 17.3. The van der Waals surface area contributed by atoms with Crippen molar-refractivity contribution < 1.29 is 9.59 Å². The SMILES string of the molecule is CCN(CC)C(=O)CSc1nc(Cl)cc(N2CCN(C(=O)C3CCCC3)CC2)n1. The van der Waals surface area contributed by atoms with Crippen LogP contribution in [-0.4, -0.2) is 76.6 Å². The number of halogens is 1. The van der Waals surface area contributed by atoms with Crippen LogP contribution in [0, 0.1) is 5.92 Å². The lowest BCUT2D eigenvalue weighted by Gasteiger charge is -2.36. The lowest BCUT2D eigenvalue weighted by molar-refractivity contribution is -0.135. The number of thioether (sulfide) groups is 1. The van der Waals surface area contributed by atoms with Gasteiger partial charge in [0.2, 0.25) is 11.8 Å². The van der Waals surface area contributed by atoms with Gasteiger partial charge in [0.05, 0.1) is 5.75 Å². The predicted octanol–water partition coefficient (Wildman–Crippen LogP) is 2.93. The Kier molecular flexibility index (Phi) is 8.00. The van der Waals surface area contributed by atoms with Crippen molar-refractivity contribution in [2.75, 3.05) is 49.9 Å². The zero-order chi connectivity index (χ0) is 20.8. The van der Waals surface area contributed by atoms with Gasteiger partial charge >= 0.3 is 0 Å². The van der Waals surface area contributed by atoms with Crippen LogP contribution in [0.25, 0.3) is 0 Å². The minimum Gasteiger partial charge on any atom is -0.353 e. The summed E-state index contributed by atoms with van der Waals surface area (Å²) in [6, 6.07) is 1.76. The first-order valence-corrected chi connectivity index (χ1v) is 11.9. The Hall–Kier alpha value is -1.54. The molecule has 7 nitrogen and oxygen atoms in total. The third kappa shape index (κ3) is 5.75. The van der Waals surface area contributed by atoms with E-state index in [1.165, 1.54) is 24.6 Å². The summed E-state index contributed by atoms with van der Waals surface area (Å²) in [6.45, 7) is 8.21. The Morgan fingerprint density at radius 1 is 1.14 bits per heavy atom. The molecule has 0 unspecified atom stereocenters.